The lowest BCUT2D eigenvalue weighted by Gasteiger charge is -2.39. The van der Waals surface area contributed by atoms with Gasteiger partial charge in [0.1, 0.15) is 17.2 Å². The lowest BCUT2D eigenvalue weighted by molar-refractivity contribution is -0.196. The van der Waals surface area contributed by atoms with E-state index in [1.807, 2.05) is 6.92 Å². The molecule has 2 aromatic carbocycles. The largest absolute Gasteiger partial charge is 0.507 e. The number of benzene rings is 2. The standard InChI is InChI=1S/C31H33NO11/c1-3-4-10-21(34)42-15-20(33)31(32-39)13-17-24(19(14-31)43-22-11-5-6-12-41-22)30(38)26-25(28(17)36)27(35)16-8-7-9-18(40-2)23(16)29(26)37/h7-9,19,22,36,38H,3-6,10-15H2,1-2H3/t19-,22-,31-/m0/s1. The molecular weight excluding hydrogens is 562 g/mol. The first-order valence-electron chi connectivity index (χ1n) is 14.3. The van der Waals surface area contributed by atoms with Crippen LogP contribution in [0.5, 0.6) is 17.2 Å². The van der Waals surface area contributed by atoms with E-state index in [2.05, 4.69) is 5.18 Å². The van der Waals surface area contributed by atoms with Crippen LogP contribution in [0, 0.1) is 4.91 Å². The summed E-state index contributed by atoms with van der Waals surface area (Å²) in [5.74, 6) is -4.10. The number of ketones is 3. The van der Waals surface area contributed by atoms with Gasteiger partial charge in [-0.05, 0) is 31.7 Å². The maximum absolute atomic E-state index is 13.8. The molecular formula is C31H33NO11. The van der Waals surface area contributed by atoms with Crippen molar-refractivity contribution in [3.05, 3.63) is 56.5 Å². The van der Waals surface area contributed by atoms with Gasteiger partial charge in [-0.2, -0.15) is 0 Å². The highest BCUT2D eigenvalue weighted by molar-refractivity contribution is 6.31. The van der Waals surface area contributed by atoms with Gasteiger partial charge in [-0.1, -0.05) is 30.7 Å². The van der Waals surface area contributed by atoms with Crippen molar-refractivity contribution in [3.8, 4) is 17.2 Å². The van der Waals surface area contributed by atoms with Crippen LogP contribution in [0.25, 0.3) is 0 Å². The first-order chi connectivity index (χ1) is 20.7. The molecule has 2 aromatic rings. The summed E-state index contributed by atoms with van der Waals surface area (Å²) >= 11 is 0. The van der Waals surface area contributed by atoms with E-state index >= 15 is 0 Å². The number of esters is 1. The van der Waals surface area contributed by atoms with Crippen LogP contribution < -0.4 is 4.74 Å². The molecule has 12 nitrogen and oxygen atoms in total. The molecule has 1 heterocycles. The fourth-order valence-corrected chi connectivity index (χ4v) is 6.04. The van der Waals surface area contributed by atoms with E-state index < -0.39 is 76.9 Å². The van der Waals surface area contributed by atoms with Gasteiger partial charge in [0.05, 0.1) is 29.9 Å². The molecule has 2 aliphatic carbocycles. The summed E-state index contributed by atoms with van der Waals surface area (Å²) in [5.41, 5.74) is -3.25. The summed E-state index contributed by atoms with van der Waals surface area (Å²) in [6, 6.07) is 4.41. The van der Waals surface area contributed by atoms with Gasteiger partial charge in [-0.3, -0.25) is 19.2 Å². The van der Waals surface area contributed by atoms with Crippen LogP contribution in [0.2, 0.25) is 0 Å². The number of carbonyl (C=O) groups is 4. The van der Waals surface area contributed by atoms with Gasteiger partial charge in [0.25, 0.3) is 0 Å². The van der Waals surface area contributed by atoms with Gasteiger partial charge in [0.15, 0.2) is 24.2 Å². The number of hydrogen-bond donors (Lipinski definition) is 2. The Morgan fingerprint density at radius 3 is 2.53 bits per heavy atom. The van der Waals surface area contributed by atoms with Crippen LogP contribution in [0.15, 0.2) is 23.4 Å². The molecule has 1 fully saturated rings. The zero-order valence-electron chi connectivity index (χ0n) is 24.0. The Balaban J connectivity index is 1.62. The lowest BCUT2D eigenvalue weighted by atomic mass is 9.70. The van der Waals surface area contributed by atoms with E-state index in [-0.39, 0.29) is 40.8 Å². The number of ether oxygens (including phenoxy) is 4. The van der Waals surface area contributed by atoms with Gasteiger partial charge in [-0.15, -0.1) is 4.91 Å². The minimum absolute atomic E-state index is 0.0411. The highest BCUT2D eigenvalue weighted by atomic mass is 16.7. The van der Waals surface area contributed by atoms with Crippen LogP contribution in [0.4, 0.5) is 0 Å². The van der Waals surface area contributed by atoms with Crippen molar-refractivity contribution in [2.24, 2.45) is 5.18 Å². The Kier molecular flexibility index (Phi) is 8.61. The van der Waals surface area contributed by atoms with E-state index in [1.165, 1.54) is 25.3 Å². The Bertz CT molecular complexity index is 1490. The van der Waals surface area contributed by atoms with Crippen molar-refractivity contribution in [2.45, 2.75) is 76.2 Å². The molecule has 1 saturated heterocycles. The van der Waals surface area contributed by atoms with Gasteiger partial charge in [0.2, 0.25) is 11.6 Å². The number of hydrogen-bond acceptors (Lipinski definition) is 12. The molecule has 0 spiro atoms. The summed E-state index contributed by atoms with van der Waals surface area (Å²) in [7, 11) is 1.34. The molecule has 3 atom stereocenters. The summed E-state index contributed by atoms with van der Waals surface area (Å²) in [5, 5.41) is 26.3. The maximum atomic E-state index is 13.8. The third kappa shape index (κ3) is 5.29. The molecule has 0 aromatic heterocycles. The smallest absolute Gasteiger partial charge is 0.306 e. The monoisotopic (exact) mass is 595 g/mol. The van der Waals surface area contributed by atoms with Gasteiger partial charge >= 0.3 is 5.97 Å². The topological polar surface area (TPSA) is 175 Å². The Morgan fingerprint density at radius 2 is 1.86 bits per heavy atom. The van der Waals surface area contributed by atoms with Gasteiger partial charge in [-0.25, -0.2) is 0 Å². The van der Waals surface area contributed by atoms with E-state index in [9.17, 15) is 34.3 Å². The first kappa shape index (κ1) is 30.3. The van der Waals surface area contributed by atoms with E-state index in [1.54, 1.807) is 0 Å². The highest BCUT2D eigenvalue weighted by Crippen LogP contribution is 2.53. The zero-order chi connectivity index (χ0) is 30.9. The zero-order valence-corrected chi connectivity index (χ0v) is 24.0. The maximum Gasteiger partial charge on any atom is 0.306 e. The number of unbranched alkanes of at least 4 members (excludes halogenated alkanes) is 1. The highest BCUT2D eigenvalue weighted by Gasteiger charge is 2.52. The van der Waals surface area contributed by atoms with Crippen LogP contribution in [0.1, 0.15) is 101 Å². The molecule has 0 radical (unpaired) electrons. The van der Waals surface area contributed by atoms with E-state index in [0.29, 0.717) is 19.4 Å². The third-order valence-corrected chi connectivity index (χ3v) is 8.32. The second-order valence-electron chi connectivity index (χ2n) is 11.0. The number of methoxy groups -OCH3 is 1. The minimum Gasteiger partial charge on any atom is -0.507 e. The molecule has 0 amide bonds. The number of carbonyl (C=O) groups excluding carboxylic acids is 4. The molecule has 3 aliphatic rings. The Labute approximate surface area is 247 Å². The summed E-state index contributed by atoms with van der Waals surface area (Å²) in [6.45, 7) is 1.56. The van der Waals surface area contributed by atoms with Crippen molar-refractivity contribution in [1.29, 1.82) is 0 Å². The average Bonchev–Trinajstić information content (AvgIpc) is 3.02. The molecule has 0 saturated carbocycles. The van der Waals surface area contributed by atoms with Crippen LogP contribution >= 0.6 is 0 Å². The van der Waals surface area contributed by atoms with E-state index in [0.717, 1.165) is 19.3 Å². The lowest BCUT2D eigenvalue weighted by Crippen LogP contribution is -2.47. The van der Waals surface area contributed by atoms with Crippen molar-refractivity contribution in [3.63, 3.8) is 0 Å². The molecule has 43 heavy (non-hydrogen) atoms. The van der Waals surface area contributed by atoms with Gasteiger partial charge in [0, 0.05) is 42.6 Å². The normalized spacial score (nSPS) is 22.7. The quantitative estimate of drug-likeness (QED) is 0.195. The fraction of sp³-hybridized carbons (Fsp3) is 0.484. The Morgan fingerprint density at radius 1 is 1.09 bits per heavy atom. The summed E-state index contributed by atoms with van der Waals surface area (Å²) in [4.78, 5) is 65.5. The number of Topliss-reactive ketones (excluding diaryl/α,β-unsaturated/α-hetero) is 1. The Hall–Kier alpha value is -4.16. The number of aromatic hydroxyl groups is 2. The van der Waals surface area contributed by atoms with Crippen molar-refractivity contribution < 1.29 is 48.3 Å². The molecule has 0 bridgehead atoms. The van der Waals surface area contributed by atoms with Crippen molar-refractivity contribution in [1.82, 2.24) is 0 Å². The molecule has 5 rings (SSSR count). The first-order valence-corrected chi connectivity index (χ1v) is 14.3. The molecule has 2 N–H and O–H groups in total. The van der Waals surface area contributed by atoms with Crippen LogP contribution in [0.3, 0.4) is 0 Å². The predicted molar refractivity (Wildman–Crippen MR) is 149 cm³/mol. The second kappa shape index (κ2) is 12.2. The minimum atomic E-state index is -2.07. The number of nitroso groups, excluding NO2 is 1. The number of phenols is 2. The SMILES string of the molecule is CCCCC(=O)OCC(=O)[C@]1(N=O)Cc2c(O)c3c(c(O)c2[C@@H](O[C@H]2CCCCO2)C1)C(=O)c1c(OC)cccc1C3=O. The average molecular weight is 596 g/mol. The van der Waals surface area contributed by atoms with Crippen LogP contribution in [-0.2, 0) is 30.2 Å². The fourth-order valence-electron chi connectivity index (χ4n) is 6.04. The number of nitrogens with zero attached hydrogens (tertiary/aromatic N) is 1. The molecule has 12 heteroatoms. The van der Waals surface area contributed by atoms with Crippen molar-refractivity contribution >= 4 is 23.3 Å². The number of fused-ring (bicyclic) bond motifs is 3. The van der Waals surface area contributed by atoms with E-state index in [4.69, 9.17) is 18.9 Å². The van der Waals surface area contributed by atoms with Gasteiger partial charge < -0.3 is 29.2 Å². The third-order valence-electron chi connectivity index (χ3n) is 8.32. The molecule has 0 unspecified atom stereocenters. The second-order valence-corrected chi connectivity index (χ2v) is 11.0. The molecule has 1 aliphatic heterocycles. The summed E-state index contributed by atoms with van der Waals surface area (Å²) < 4.78 is 22.3. The number of phenolic OH excluding ortho intramolecular Hbond substituents is 2. The summed E-state index contributed by atoms with van der Waals surface area (Å²) in [6.07, 6.45) is 0.540. The van der Waals surface area contributed by atoms with Crippen molar-refractivity contribution in [2.75, 3.05) is 20.3 Å². The predicted octanol–water partition coefficient (Wildman–Crippen LogP) is 4.22. The number of rotatable bonds is 10. The van der Waals surface area contributed by atoms with Crippen LogP contribution in [-0.4, -0.2) is 65.7 Å². The molecule has 228 valence electrons.